The highest BCUT2D eigenvalue weighted by Gasteiger charge is 2.16. The molecule has 8 nitrogen and oxygen atoms in total. The van der Waals surface area contributed by atoms with Gasteiger partial charge in [-0.05, 0) is 24.6 Å². The average Bonchev–Trinajstić information content (AvgIpc) is 2.73. The summed E-state index contributed by atoms with van der Waals surface area (Å²) in [5, 5.41) is 15.2. The molecule has 10 heteroatoms. The normalized spacial score (nSPS) is 12.5. The van der Waals surface area contributed by atoms with Crippen molar-refractivity contribution >= 4 is 23.4 Å². The Kier molecular flexibility index (Phi) is 8.50. The second-order valence-corrected chi connectivity index (χ2v) is 6.38. The summed E-state index contributed by atoms with van der Waals surface area (Å²) in [6, 6.07) is 4.72. The van der Waals surface area contributed by atoms with Crippen molar-refractivity contribution in [2.24, 2.45) is 0 Å². The first-order valence-electron chi connectivity index (χ1n) is 8.61. The van der Waals surface area contributed by atoms with E-state index in [2.05, 4.69) is 27.2 Å². The fraction of sp³-hybridized carbons (Fsp3) is 0.263. The first kappa shape index (κ1) is 22.3. The quantitative estimate of drug-likeness (QED) is 0.500. The van der Waals surface area contributed by atoms with E-state index in [4.69, 9.17) is 16.3 Å². The van der Waals surface area contributed by atoms with Gasteiger partial charge in [0.2, 0.25) is 0 Å². The summed E-state index contributed by atoms with van der Waals surface area (Å²) in [5.74, 6) is -1.43. The first-order valence-corrected chi connectivity index (χ1v) is 8.99. The third kappa shape index (κ3) is 7.47. The summed E-state index contributed by atoms with van der Waals surface area (Å²) < 4.78 is 18.6. The monoisotopic (exact) mass is 422 g/mol. The van der Waals surface area contributed by atoms with Gasteiger partial charge >= 0.3 is 0 Å². The van der Waals surface area contributed by atoms with Crippen LogP contribution in [-0.2, 0) is 4.79 Å². The number of carbonyl (C=O) groups is 2. The summed E-state index contributed by atoms with van der Waals surface area (Å²) in [5.41, 5.74) is 0.177. The van der Waals surface area contributed by atoms with Crippen molar-refractivity contribution < 1.29 is 23.8 Å². The van der Waals surface area contributed by atoms with Crippen LogP contribution in [0.2, 0.25) is 5.02 Å². The SMILES string of the molecule is C=CC(CC(O)CNC(=O)c1ccncn1)NC(=O)COc1ccc(Cl)c(F)c1. The van der Waals surface area contributed by atoms with Crippen LogP contribution in [0.25, 0.3) is 0 Å². The van der Waals surface area contributed by atoms with E-state index in [1.54, 1.807) is 0 Å². The van der Waals surface area contributed by atoms with Gasteiger partial charge in [-0.3, -0.25) is 9.59 Å². The molecule has 0 saturated carbocycles. The van der Waals surface area contributed by atoms with Gasteiger partial charge in [0.05, 0.1) is 11.1 Å². The number of halogens is 2. The summed E-state index contributed by atoms with van der Waals surface area (Å²) in [6.45, 7) is 3.22. The number of hydrogen-bond donors (Lipinski definition) is 3. The molecule has 2 aromatic rings. The molecular formula is C19H20ClFN4O4. The highest BCUT2D eigenvalue weighted by Crippen LogP contribution is 2.20. The number of rotatable bonds is 10. The van der Waals surface area contributed by atoms with Crippen LogP contribution >= 0.6 is 11.6 Å². The molecule has 2 amide bonds. The van der Waals surface area contributed by atoms with E-state index in [0.717, 1.165) is 6.07 Å². The van der Waals surface area contributed by atoms with Crippen molar-refractivity contribution in [3.05, 3.63) is 66.0 Å². The van der Waals surface area contributed by atoms with Crippen LogP contribution in [0, 0.1) is 5.82 Å². The van der Waals surface area contributed by atoms with Gasteiger partial charge in [-0.25, -0.2) is 14.4 Å². The molecule has 0 aliphatic carbocycles. The minimum atomic E-state index is -0.935. The molecule has 0 saturated heterocycles. The Labute approximate surface area is 171 Å². The van der Waals surface area contributed by atoms with E-state index in [0.29, 0.717) is 0 Å². The van der Waals surface area contributed by atoms with Crippen molar-refractivity contribution in [2.75, 3.05) is 13.2 Å². The van der Waals surface area contributed by atoms with E-state index in [-0.39, 0.29) is 36.0 Å². The lowest BCUT2D eigenvalue weighted by Gasteiger charge is -2.19. The third-order valence-corrected chi connectivity index (χ3v) is 4.04. The molecule has 154 valence electrons. The Hall–Kier alpha value is -3.04. The molecule has 0 aliphatic rings. The van der Waals surface area contributed by atoms with Gasteiger partial charge in [0.25, 0.3) is 11.8 Å². The molecule has 0 aliphatic heterocycles. The number of nitrogens with zero attached hydrogens (tertiary/aromatic N) is 2. The zero-order valence-corrected chi connectivity index (χ0v) is 16.1. The number of amides is 2. The highest BCUT2D eigenvalue weighted by atomic mass is 35.5. The van der Waals surface area contributed by atoms with Gasteiger partial charge in [-0.15, -0.1) is 6.58 Å². The van der Waals surface area contributed by atoms with Crippen LogP contribution in [0.3, 0.4) is 0 Å². The lowest BCUT2D eigenvalue weighted by molar-refractivity contribution is -0.123. The molecule has 2 unspecified atom stereocenters. The number of carbonyl (C=O) groups excluding carboxylic acids is 2. The van der Waals surface area contributed by atoms with E-state index < -0.39 is 29.8 Å². The van der Waals surface area contributed by atoms with Crippen molar-refractivity contribution in [1.82, 2.24) is 20.6 Å². The standard InChI is InChI=1S/C19H20ClFN4O4/c1-2-12(7-13(26)9-23-19(28)17-5-6-22-11-24-17)25-18(27)10-29-14-3-4-15(20)16(21)8-14/h2-6,8,11-13,26H,1,7,9-10H2,(H,23,28)(H,25,27). The lowest BCUT2D eigenvalue weighted by atomic mass is 10.1. The lowest BCUT2D eigenvalue weighted by Crippen LogP contribution is -2.41. The fourth-order valence-corrected chi connectivity index (χ4v) is 2.40. The third-order valence-electron chi connectivity index (χ3n) is 3.73. The van der Waals surface area contributed by atoms with Gasteiger partial charge in [0.15, 0.2) is 6.61 Å². The van der Waals surface area contributed by atoms with Crippen LogP contribution in [-0.4, -0.2) is 52.2 Å². The zero-order chi connectivity index (χ0) is 21.2. The summed E-state index contributed by atoms with van der Waals surface area (Å²) in [6.07, 6.45) is 3.32. The predicted molar refractivity (Wildman–Crippen MR) is 104 cm³/mol. The van der Waals surface area contributed by atoms with Gasteiger partial charge in [-0.2, -0.15) is 0 Å². The molecule has 0 bridgehead atoms. The number of aromatic nitrogens is 2. The Bertz CT molecular complexity index is 853. The van der Waals surface area contributed by atoms with E-state index in [9.17, 15) is 19.1 Å². The Morgan fingerprint density at radius 1 is 1.38 bits per heavy atom. The Morgan fingerprint density at radius 3 is 2.83 bits per heavy atom. The van der Waals surface area contributed by atoms with Crippen molar-refractivity contribution in [3.8, 4) is 5.75 Å². The van der Waals surface area contributed by atoms with Gasteiger partial charge in [0.1, 0.15) is 23.6 Å². The fourth-order valence-electron chi connectivity index (χ4n) is 2.28. The molecule has 3 N–H and O–H groups in total. The smallest absolute Gasteiger partial charge is 0.270 e. The minimum Gasteiger partial charge on any atom is -0.484 e. The van der Waals surface area contributed by atoms with E-state index >= 15 is 0 Å². The van der Waals surface area contributed by atoms with Gasteiger partial charge in [-0.1, -0.05) is 17.7 Å². The first-order chi connectivity index (χ1) is 13.9. The molecule has 1 aromatic carbocycles. The van der Waals surface area contributed by atoms with Crippen LogP contribution in [0.15, 0.2) is 49.4 Å². The minimum absolute atomic E-state index is 0.0381. The van der Waals surface area contributed by atoms with Crippen LogP contribution in [0.5, 0.6) is 5.75 Å². The molecule has 2 atom stereocenters. The molecule has 0 radical (unpaired) electrons. The molecule has 1 heterocycles. The summed E-state index contributed by atoms with van der Waals surface area (Å²) in [4.78, 5) is 31.4. The molecule has 0 spiro atoms. The van der Waals surface area contributed by atoms with Gasteiger partial charge in [0, 0.05) is 24.8 Å². The maximum Gasteiger partial charge on any atom is 0.270 e. The van der Waals surface area contributed by atoms with Crippen molar-refractivity contribution in [2.45, 2.75) is 18.6 Å². The Morgan fingerprint density at radius 2 is 2.17 bits per heavy atom. The molecule has 0 fully saturated rings. The number of aliphatic hydroxyl groups is 1. The second-order valence-electron chi connectivity index (χ2n) is 5.97. The maximum atomic E-state index is 13.4. The average molecular weight is 423 g/mol. The maximum absolute atomic E-state index is 13.4. The molecule has 1 aromatic heterocycles. The number of aliphatic hydroxyl groups excluding tert-OH is 1. The van der Waals surface area contributed by atoms with Crippen molar-refractivity contribution in [1.29, 1.82) is 0 Å². The molecular weight excluding hydrogens is 403 g/mol. The zero-order valence-electron chi connectivity index (χ0n) is 15.3. The number of nitrogens with one attached hydrogen (secondary N) is 2. The van der Waals surface area contributed by atoms with Crippen LogP contribution in [0.4, 0.5) is 4.39 Å². The Balaban J connectivity index is 1.75. The molecule has 2 rings (SSSR count). The van der Waals surface area contributed by atoms with Crippen LogP contribution in [0.1, 0.15) is 16.9 Å². The predicted octanol–water partition coefficient (Wildman–Crippen LogP) is 1.50. The highest BCUT2D eigenvalue weighted by molar-refractivity contribution is 6.30. The summed E-state index contributed by atoms with van der Waals surface area (Å²) in [7, 11) is 0. The number of benzene rings is 1. The largest absolute Gasteiger partial charge is 0.484 e. The van der Waals surface area contributed by atoms with E-state index in [1.165, 1.54) is 36.8 Å². The second kappa shape index (κ2) is 11.1. The summed E-state index contributed by atoms with van der Waals surface area (Å²) >= 11 is 5.58. The van der Waals surface area contributed by atoms with E-state index in [1.807, 2.05) is 0 Å². The topological polar surface area (TPSA) is 113 Å². The molecule has 29 heavy (non-hydrogen) atoms. The number of hydrogen-bond acceptors (Lipinski definition) is 6. The van der Waals surface area contributed by atoms with Crippen molar-refractivity contribution in [3.63, 3.8) is 0 Å². The van der Waals surface area contributed by atoms with Crippen LogP contribution < -0.4 is 15.4 Å². The van der Waals surface area contributed by atoms with Gasteiger partial charge < -0.3 is 20.5 Å². The number of ether oxygens (including phenoxy) is 1.